The molecule has 1 unspecified atom stereocenters. The van der Waals surface area contributed by atoms with Gasteiger partial charge in [0.05, 0.1) is 19.1 Å². The second kappa shape index (κ2) is 43.5. The Morgan fingerprint density at radius 3 is 1.42 bits per heavy atom. The lowest BCUT2D eigenvalue weighted by Crippen LogP contribution is -2.32. The molecule has 0 aliphatic heterocycles. The number of ether oxygens (including phenoxy) is 3. The third kappa shape index (κ3) is 39.0. The smallest absolute Gasteiger partial charge is 0.308 e. The molecule has 0 saturated carbocycles. The number of hydrogen-bond donors (Lipinski definition) is 1. The average molecular weight is 781 g/mol. The van der Waals surface area contributed by atoms with E-state index >= 15 is 0 Å². The molecule has 0 fully saturated rings. The Morgan fingerprint density at radius 1 is 0.491 bits per heavy atom. The minimum Gasteiger partial charge on any atom is -0.466 e. The third-order valence-corrected chi connectivity index (χ3v) is 10.9. The van der Waals surface area contributed by atoms with Crippen LogP contribution in [0.25, 0.3) is 0 Å². The van der Waals surface area contributed by atoms with Crippen molar-refractivity contribution in [2.24, 2.45) is 5.92 Å². The van der Waals surface area contributed by atoms with Gasteiger partial charge in [-0.2, -0.15) is 0 Å². The van der Waals surface area contributed by atoms with E-state index in [4.69, 9.17) is 14.2 Å². The van der Waals surface area contributed by atoms with E-state index < -0.39 is 0 Å². The van der Waals surface area contributed by atoms with Crippen LogP contribution in [0.15, 0.2) is 0 Å². The molecule has 326 valence electrons. The van der Waals surface area contributed by atoms with Crippen LogP contribution >= 0.6 is 0 Å². The number of nitrogens with one attached hydrogen (secondary N) is 1. The van der Waals surface area contributed by atoms with Crippen LogP contribution in [-0.4, -0.2) is 75.9 Å². The molecule has 0 heterocycles. The van der Waals surface area contributed by atoms with Crippen LogP contribution in [0.1, 0.15) is 226 Å². The molecule has 55 heavy (non-hydrogen) atoms. The summed E-state index contributed by atoms with van der Waals surface area (Å²) in [6.45, 7) is 11.8. The van der Waals surface area contributed by atoms with Crippen LogP contribution in [0, 0.1) is 5.92 Å². The Kier molecular flexibility index (Phi) is 42.1. The van der Waals surface area contributed by atoms with Crippen molar-refractivity contribution in [1.29, 1.82) is 0 Å². The highest BCUT2D eigenvalue weighted by molar-refractivity contribution is 5.77. The van der Waals surface area contributed by atoms with Gasteiger partial charge >= 0.3 is 11.9 Å². The average Bonchev–Trinajstić information content (AvgIpc) is 3.18. The van der Waals surface area contributed by atoms with Gasteiger partial charge in [0, 0.05) is 20.1 Å². The van der Waals surface area contributed by atoms with Crippen LogP contribution in [0.3, 0.4) is 0 Å². The van der Waals surface area contributed by atoms with Crippen molar-refractivity contribution in [3.63, 3.8) is 0 Å². The predicted octanol–water partition coefficient (Wildman–Crippen LogP) is 12.3. The van der Waals surface area contributed by atoms with Crippen LogP contribution in [0.5, 0.6) is 0 Å². The summed E-state index contributed by atoms with van der Waals surface area (Å²) in [7, 11) is 1.54. The van der Waals surface area contributed by atoms with E-state index in [-0.39, 0.29) is 30.4 Å². The monoisotopic (exact) mass is 781 g/mol. The molecule has 1 amide bonds. The predicted molar refractivity (Wildman–Crippen MR) is 231 cm³/mol. The van der Waals surface area contributed by atoms with Gasteiger partial charge in [0.15, 0.2) is 0 Å². The zero-order valence-corrected chi connectivity index (χ0v) is 37.1. The maximum Gasteiger partial charge on any atom is 0.308 e. The number of methoxy groups -OCH3 is 1. The van der Waals surface area contributed by atoms with E-state index in [9.17, 15) is 14.4 Å². The summed E-state index contributed by atoms with van der Waals surface area (Å²) in [5.41, 5.74) is 0. The molecule has 8 nitrogen and oxygen atoms in total. The first-order valence-corrected chi connectivity index (χ1v) is 23.8. The van der Waals surface area contributed by atoms with Crippen molar-refractivity contribution in [3.8, 4) is 0 Å². The number of esters is 2. The number of hydrogen-bond acceptors (Lipinski definition) is 7. The van der Waals surface area contributed by atoms with Gasteiger partial charge in [-0.05, 0) is 71.0 Å². The maximum atomic E-state index is 13.0. The summed E-state index contributed by atoms with van der Waals surface area (Å²) in [4.78, 5) is 39.4. The number of rotatable bonds is 44. The van der Waals surface area contributed by atoms with Crippen molar-refractivity contribution in [3.05, 3.63) is 0 Å². The van der Waals surface area contributed by atoms with Gasteiger partial charge in [-0.1, -0.05) is 168 Å². The first kappa shape index (κ1) is 53.3. The lowest BCUT2D eigenvalue weighted by atomic mass is 9.94. The molecule has 0 aromatic heterocycles. The first-order chi connectivity index (χ1) is 27.0. The fourth-order valence-corrected chi connectivity index (χ4v) is 7.30. The van der Waals surface area contributed by atoms with Crippen molar-refractivity contribution >= 4 is 17.8 Å². The molecule has 0 spiro atoms. The topological polar surface area (TPSA) is 94.2 Å². The van der Waals surface area contributed by atoms with E-state index in [1.807, 2.05) is 0 Å². The van der Waals surface area contributed by atoms with Crippen LogP contribution in [0.4, 0.5) is 0 Å². The SMILES string of the molecule is CCCCCCCCCOC(=O)CCCCCCCN(CCCCCCCOC(=O)C(CCCCCCC)CCCCCCCC)CCCNC(=O)COC. The quantitative estimate of drug-likeness (QED) is 0.0486. The van der Waals surface area contributed by atoms with Crippen LogP contribution < -0.4 is 5.32 Å². The number of carbonyl (C=O) groups excluding carboxylic acids is 3. The Labute approximate surface area is 341 Å². The molecular formula is C47H92N2O6. The summed E-state index contributed by atoms with van der Waals surface area (Å²) in [6.07, 6.45) is 36.9. The minimum atomic E-state index is -0.0582. The zero-order valence-electron chi connectivity index (χ0n) is 37.1. The molecular weight excluding hydrogens is 689 g/mol. The van der Waals surface area contributed by atoms with E-state index in [1.165, 1.54) is 109 Å². The molecule has 0 aliphatic carbocycles. The largest absolute Gasteiger partial charge is 0.466 e. The zero-order chi connectivity index (χ0) is 40.3. The highest BCUT2D eigenvalue weighted by atomic mass is 16.5. The van der Waals surface area contributed by atoms with Crippen molar-refractivity contribution in [2.45, 2.75) is 226 Å². The lowest BCUT2D eigenvalue weighted by Gasteiger charge is -2.22. The molecule has 0 aliphatic rings. The third-order valence-electron chi connectivity index (χ3n) is 10.9. The lowest BCUT2D eigenvalue weighted by molar-refractivity contribution is -0.149. The highest BCUT2D eigenvalue weighted by Crippen LogP contribution is 2.21. The summed E-state index contributed by atoms with van der Waals surface area (Å²) in [6, 6.07) is 0. The second-order valence-corrected chi connectivity index (χ2v) is 16.2. The van der Waals surface area contributed by atoms with Gasteiger partial charge < -0.3 is 24.4 Å². The molecule has 8 heteroatoms. The fraction of sp³-hybridized carbons (Fsp3) is 0.936. The molecule has 0 aromatic rings. The van der Waals surface area contributed by atoms with Crippen LogP contribution in [-0.2, 0) is 28.6 Å². The van der Waals surface area contributed by atoms with E-state index in [2.05, 4.69) is 31.0 Å². The van der Waals surface area contributed by atoms with Gasteiger partial charge in [0.1, 0.15) is 6.61 Å². The second-order valence-electron chi connectivity index (χ2n) is 16.2. The standard InChI is InChI=1S/C47H92N2O6/c1-5-8-11-14-16-24-31-41-54-46(51)36-28-21-17-22-29-38-49(40-33-37-48-45(50)43-53-4)39-30-23-18-25-32-42-55-47(52)44(34-26-19-13-10-7-3)35-27-20-15-12-9-6-2/h44H,5-43H2,1-4H3,(H,48,50). The molecule has 0 saturated heterocycles. The summed E-state index contributed by atoms with van der Waals surface area (Å²) in [5, 5.41) is 2.95. The maximum absolute atomic E-state index is 13.0. The van der Waals surface area contributed by atoms with Crippen molar-refractivity contribution < 1.29 is 28.6 Å². The Balaban J connectivity index is 4.31. The van der Waals surface area contributed by atoms with Crippen molar-refractivity contribution in [2.75, 3.05) is 53.1 Å². The van der Waals surface area contributed by atoms with E-state index in [0.29, 0.717) is 26.2 Å². The number of nitrogens with zero attached hydrogens (tertiary/aromatic N) is 1. The van der Waals surface area contributed by atoms with Gasteiger partial charge in [-0.3, -0.25) is 14.4 Å². The number of carbonyl (C=O) groups is 3. The van der Waals surface area contributed by atoms with Gasteiger partial charge in [-0.25, -0.2) is 0 Å². The van der Waals surface area contributed by atoms with E-state index in [0.717, 1.165) is 110 Å². The summed E-state index contributed by atoms with van der Waals surface area (Å²) >= 11 is 0. The van der Waals surface area contributed by atoms with Crippen molar-refractivity contribution in [1.82, 2.24) is 10.2 Å². The first-order valence-electron chi connectivity index (χ1n) is 23.8. The molecule has 0 bridgehead atoms. The minimum absolute atomic E-state index is 0.0355. The summed E-state index contributed by atoms with van der Waals surface area (Å²) in [5.74, 6) is 0.0406. The molecule has 1 atom stereocenters. The number of amides is 1. The Morgan fingerprint density at radius 2 is 0.909 bits per heavy atom. The van der Waals surface area contributed by atoms with Gasteiger partial charge in [0.25, 0.3) is 0 Å². The summed E-state index contributed by atoms with van der Waals surface area (Å²) < 4.78 is 16.2. The molecule has 0 aromatic carbocycles. The number of unbranched alkanes of at least 4 members (excludes halogenated alkanes) is 23. The molecule has 1 N–H and O–H groups in total. The highest BCUT2D eigenvalue weighted by Gasteiger charge is 2.19. The Bertz CT molecular complexity index is 840. The molecule has 0 radical (unpaired) electrons. The Hall–Kier alpha value is -1.67. The van der Waals surface area contributed by atoms with Gasteiger partial charge in [-0.15, -0.1) is 0 Å². The van der Waals surface area contributed by atoms with Gasteiger partial charge in [0.2, 0.25) is 5.91 Å². The fourth-order valence-electron chi connectivity index (χ4n) is 7.30. The van der Waals surface area contributed by atoms with E-state index in [1.54, 1.807) is 7.11 Å². The van der Waals surface area contributed by atoms with Crippen LogP contribution in [0.2, 0.25) is 0 Å². The molecule has 0 rings (SSSR count). The normalized spacial score (nSPS) is 11.9.